The second kappa shape index (κ2) is 3.25. The normalized spacial score (nSPS) is 31.3. The molecule has 0 amide bonds. The lowest BCUT2D eigenvalue weighted by Gasteiger charge is -2.43. The van der Waals surface area contributed by atoms with Crippen LogP contribution in [0.2, 0.25) is 0 Å². The second-order valence-corrected chi connectivity index (χ2v) is 4.61. The Balaban J connectivity index is 2.33. The van der Waals surface area contributed by atoms with Crippen molar-refractivity contribution in [2.75, 3.05) is 0 Å². The molecule has 0 spiro atoms. The van der Waals surface area contributed by atoms with Crippen molar-refractivity contribution in [3.05, 3.63) is 28.2 Å². The van der Waals surface area contributed by atoms with Crippen molar-refractivity contribution in [2.24, 2.45) is 11.5 Å². The van der Waals surface area contributed by atoms with Crippen LogP contribution < -0.4 is 11.5 Å². The fourth-order valence-corrected chi connectivity index (χ4v) is 2.17. The van der Waals surface area contributed by atoms with Crippen LogP contribution in [0.1, 0.15) is 18.4 Å². The topological polar surface area (TPSA) is 64.9 Å². The van der Waals surface area contributed by atoms with Gasteiger partial charge in [-0.25, -0.2) is 4.98 Å². The van der Waals surface area contributed by atoms with E-state index < -0.39 is 11.5 Å². The zero-order valence-corrected chi connectivity index (χ0v) is 9.09. The first-order valence-corrected chi connectivity index (χ1v) is 5.17. The molecule has 0 radical (unpaired) electrons. The van der Waals surface area contributed by atoms with Gasteiger partial charge in [0.15, 0.2) is 0 Å². The van der Waals surface area contributed by atoms with Crippen LogP contribution in [0.25, 0.3) is 0 Å². The molecule has 1 aliphatic carbocycles. The molecule has 2 rings (SSSR count). The second-order valence-electron chi connectivity index (χ2n) is 3.80. The highest BCUT2D eigenvalue weighted by Crippen LogP contribution is 2.38. The molecule has 76 valence electrons. The molecule has 0 bridgehead atoms. The Hall–Kier alpha value is -0.520. The molecule has 0 atom stereocenters. The lowest BCUT2D eigenvalue weighted by atomic mass is 9.70. The van der Waals surface area contributed by atoms with Gasteiger partial charge in [-0.05, 0) is 40.9 Å². The van der Waals surface area contributed by atoms with Crippen LogP contribution in [0.15, 0.2) is 16.7 Å². The smallest absolute Gasteiger partial charge is 0.218 e. The summed E-state index contributed by atoms with van der Waals surface area (Å²) < 4.78 is 13.9. The lowest BCUT2D eigenvalue weighted by molar-refractivity contribution is 0.203. The Bertz CT molecular complexity index is 363. The molecular weight excluding hydrogens is 249 g/mol. The quantitative estimate of drug-likeness (QED) is 0.747. The Morgan fingerprint density at radius 1 is 1.50 bits per heavy atom. The molecule has 1 aliphatic rings. The third-order valence-electron chi connectivity index (χ3n) is 2.60. The van der Waals surface area contributed by atoms with Crippen molar-refractivity contribution in [1.82, 2.24) is 4.98 Å². The molecule has 4 N–H and O–H groups in total. The van der Waals surface area contributed by atoms with E-state index in [0.29, 0.717) is 23.0 Å². The summed E-state index contributed by atoms with van der Waals surface area (Å²) in [5.74, 6) is -0.506. The average Bonchev–Trinajstić information content (AvgIpc) is 2.00. The molecule has 0 unspecified atom stereocenters. The molecule has 1 heterocycles. The molecule has 14 heavy (non-hydrogen) atoms. The van der Waals surface area contributed by atoms with Crippen molar-refractivity contribution >= 4 is 15.9 Å². The molecule has 1 fully saturated rings. The van der Waals surface area contributed by atoms with E-state index in [2.05, 4.69) is 20.9 Å². The maximum Gasteiger partial charge on any atom is 0.218 e. The first-order valence-electron chi connectivity index (χ1n) is 4.38. The van der Waals surface area contributed by atoms with Crippen molar-refractivity contribution < 1.29 is 4.39 Å². The first-order chi connectivity index (χ1) is 6.51. The predicted octanol–water partition coefficient (Wildman–Crippen LogP) is 1.26. The van der Waals surface area contributed by atoms with Gasteiger partial charge in [0.1, 0.15) is 4.60 Å². The summed E-state index contributed by atoms with van der Waals surface area (Å²) in [6, 6.07) is 3.44. The molecular formula is C9H11BrFN3. The van der Waals surface area contributed by atoms with Gasteiger partial charge in [-0.1, -0.05) is 0 Å². The Kier molecular flexibility index (Phi) is 2.33. The van der Waals surface area contributed by atoms with Gasteiger partial charge in [-0.3, -0.25) is 0 Å². The van der Waals surface area contributed by atoms with Crippen LogP contribution in [0, 0.1) is 5.95 Å². The van der Waals surface area contributed by atoms with Crippen LogP contribution in [-0.4, -0.2) is 11.0 Å². The van der Waals surface area contributed by atoms with E-state index >= 15 is 0 Å². The maximum atomic E-state index is 13.4. The van der Waals surface area contributed by atoms with Crippen molar-refractivity contribution in [3.8, 4) is 0 Å². The summed E-state index contributed by atoms with van der Waals surface area (Å²) in [4.78, 5) is 3.68. The van der Waals surface area contributed by atoms with E-state index in [1.54, 1.807) is 12.1 Å². The Labute approximate surface area is 89.8 Å². The van der Waals surface area contributed by atoms with E-state index in [-0.39, 0.29) is 6.04 Å². The third kappa shape index (κ3) is 1.55. The highest BCUT2D eigenvalue weighted by molar-refractivity contribution is 9.10. The fourth-order valence-electron chi connectivity index (χ4n) is 1.88. The van der Waals surface area contributed by atoms with Gasteiger partial charge < -0.3 is 11.5 Å². The summed E-state index contributed by atoms with van der Waals surface area (Å²) >= 11 is 3.10. The van der Waals surface area contributed by atoms with Crippen molar-refractivity contribution in [2.45, 2.75) is 24.4 Å². The Morgan fingerprint density at radius 2 is 2.14 bits per heavy atom. The molecule has 0 aliphatic heterocycles. The number of pyridine rings is 1. The van der Waals surface area contributed by atoms with Crippen LogP contribution in [-0.2, 0) is 5.54 Å². The van der Waals surface area contributed by atoms with Gasteiger partial charge in [0, 0.05) is 17.1 Å². The van der Waals surface area contributed by atoms with E-state index in [4.69, 9.17) is 11.5 Å². The van der Waals surface area contributed by atoms with Gasteiger partial charge in [0.2, 0.25) is 5.95 Å². The number of hydrogen-bond acceptors (Lipinski definition) is 3. The first kappa shape index (κ1) is 10.0. The van der Waals surface area contributed by atoms with Crippen molar-refractivity contribution in [3.63, 3.8) is 0 Å². The van der Waals surface area contributed by atoms with Crippen LogP contribution in [0.5, 0.6) is 0 Å². The fraction of sp³-hybridized carbons (Fsp3) is 0.444. The largest absolute Gasteiger partial charge is 0.328 e. The average molecular weight is 260 g/mol. The minimum Gasteiger partial charge on any atom is -0.328 e. The van der Waals surface area contributed by atoms with Gasteiger partial charge in [0.25, 0.3) is 0 Å². The van der Waals surface area contributed by atoms with E-state index in [0.717, 1.165) is 0 Å². The molecule has 5 heteroatoms. The van der Waals surface area contributed by atoms with Gasteiger partial charge in [0.05, 0.1) is 0 Å². The van der Waals surface area contributed by atoms with E-state index in [9.17, 15) is 4.39 Å². The SMILES string of the molecule is N[C@H]1C[C@@](N)(c2ccc(Br)nc2F)C1. The van der Waals surface area contributed by atoms with Gasteiger partial charge in [-0.15, -0.1) is 0 Å². The number of nitrogens with zero attached hydrogens (tertiary/aromatic N) is 1. The summed E-state index contributed by atoms with van der Waals surface area (Å²) in [6.07, 6.45) is 1.24. The molecule has 1 saturated carbocycles. The minimum absolute atomic E-state index is 0.0862. The Morgan fingerprint density at radius 3 is 2.64 bits per heavy atom. The monoisotopic (exact) mass is 259 g/mol. The van der Waals surface area contributed by atoms with Crippen LogP contribution in [0.4, 0.5) is 4.39 Å². The highest BCUT2D eigenvalue weighted by atomic mass is 79.9. The third-order valence-corrected chi connectivity index (χ3v) is 3.05. The lowest BCUT2D eigenvalue weighted by Crippen LogP contribution is -2.55. The van der Waals surface area contributed by atoms with Crippen LogP contribution in [0.3, 0.4) is 0 Å². The summed E-state index contributed by atoms with van der Waals surface area (Å²) in [5, 5.41) is 0. The molecule has 3 nitrogen and oxygen atoms in total. The zero-order chi connectivity index (χ0) is 10.3. The van der Waals surface area contributed by atoms with E-state index in [1.165, 1.54) is 0 Å². The molecule has 1 aromatic rings. The summed E-state index contributed by atoms with van der Waals surface area (Å²) in [5.41, 5.74) is 11.5. The van der Waals surface area contributed by atoms with Gasteiger partial charge >= 0.3 is 0 Å². The number of hydrogen-bond donors (Lipinski definition) is 2. The minimum atomic E-state index is -0.614. The summed E-state index contributed by atoms with van der Waals surface area (Å²) in [7, 11) is 0. The number of nitrogens with two attached hydrogens (primary N) is 2. The van der Waals surface area contributed by atoms with E-state index in [1.807, 2.05) is 0 Å². The molecule has 1 aromatic heterocycles. The standard InChI is InChI=1S/C9H11BrFN3/c10-7-2-1-6(8(11)14-7)9(13)3-5(12)4-9/h1-2,5H,3-4,12-13H2/t5-,9-. The zero-order valence-electron chi connectivity index (χ0n) is 7.50. The molecule has 0 saturated heterocycles. The number of halogens is 2. The molecule has 0 aromatic carbocycles. The number of rotatable bonds is 1. The van der Waals surface area contributed by atoms with Crippen molar-refractivity contribution in [1.29, 1.82) is 0 Å². The highest BCUT2D eigenvalue weighted by Gasteiger charge is 2.42. The summed E-state index contributed by atoms with van der Waals surface area (Å²) in [6.45, 7) is 0. The number of aromatic nitrogens is 1. The van der Waals surface area contributed by atoms with Crippen LogP contribution >= 0.6 is 15.9 Å². The van der Waals surface area contributed by atoms with Gasteiger partial charge in [-0.2, -0.15) is 4.39 Å². The predicted molar refractivity (Wildman–Crippen MR) is 55.0 cm³/mol. The maximum absolute atomic E-state index is 13.4.